The van der Waals surface area contributed by atoms with Crippen LogP contribution in [0, 0.1) is 5.92 Å². The first-order chi connectivity index (χ1) is 13.2. The molecule has 1 aromatic heterocycles. The Morgan fingerprint density at radius 3 is 2.78 bits per heavy atom. The molecule has 2 N–H and O–H groups in total. The maximum absolute atomic E-state index is 13.1. The summed E-state index contributed by atoms with van der Waals surface area (Å²) in [6, 6.07) is 14.9. The number of hydrogen-bond donors (Lipinski definition) is 1. The fourth-order valence-electron chi connectivity index (χ4n) is 3.48. The van der Waals surface area contributed by atoms with Gasteiger partial charge in [0.05, 0.1) is 5.02 Å². The van der Waals surface area contributed by atoms with Gasteiger partial charge >= 0.3 is 0 Å². The van der Waals surface area contributed by atoms with Gasteiger partial charge in [0.2, 0.25) is 0 Å². The first kappa shape index (κ1) is 17.9. The van der Waals surface area contributed by atoms with Crippen LogP contribution in [0.3, 0.4) is 0 Å². The highest BCUT2D eigenvalue weighted by Crippen LogP contribution is 2.31. The van der Waals surface area contributed by atoms with Crippen molar-refractivity contribution in [2.24, 2.45) is 11.7 Å². The average molecular weight is 385 g/mol. The molecule has 1 aliphatic heterocycles. The van der Waals surface area contributed by atoms with Crippen LogP contribution in [0.25, 0.3) is 11.0 Å². The Kier molecular flexibility index (Phi) is 5.05. The van der Waals surface area contributed by atoms with Crippen LogP contribution in [0.15, 0.2) is 52.9 Å². The second-order valence-electron chi connectivity index (χ2n) is 6.77. The van der Waals surface area contributed by atoms with E-state index in [2.05, 4.69) is 0 Å². The van der Waals surface area contributed by atoms with E-state index in [1.165, 1.54) is 0 Å². The van der Waals surface area contributed by atoms with Crippen LogP contribution in [0.5, 0.6) is 5.75 Å². The fraction of sp³-hybridized carbons (Fsp3) is 0.286. The largest absolute Gasteiger partial charge is 0.487 e. The standard InChI is InChI=1S/C21H21ClN2O3/c22-17-6-2-4-8-19(17)26-13-16-15-5-1-3-7-18(15)27-20(16)21(25)24-10-9-14(11-23)12-24/h1-8,14H,9-13,23H2. The summed E-state index contributed by atoms with van der Waals surface area (Å²) in [4.78, 5) is 14.9. The number of nitrogens with two attached hydrogens (primary N) is 1. The number of hydrogen-bond acceptors (Lipinski definition) is 4. The Hall–Kier alpha value is -2.50. The molecule has 2 heterocycles. The van der Waals surface area contributed by atoms with Crippen LogP contribution in [0.2, 0.25) is 5.02 Å². The predicted molar refractivity (Wildman–Crippen MR) is 105 cm³/mol. The minimum Gasteiger partial charge on any atom is -0.487 e. The molecule has 0 radical (unpaired) electrons. The number of carbonyl (C=O) groups excluding carboxylic acids is 1. The van der Waals surface area contributed by atoms with Crippen molar-refractivity contribution in [2.45, 2.75) is 13.0 Å². The van der Waals surface area contributed by atoms with E-state index in [1.54, 1.807) is 12.1 Å². The summed E-state index contributed by atoms with van der Waals surface area (Å²) in [5, 5.41) is 1.41. The predicted octanol–water partition coefficient (Wildman–Crippen LogP) is 4.09. The van der Waals surface area contributed by atoms with Crippen LogP contribution < -0.4 is 10.5 Å². The number of nitrogens with zero attached hydrogens (tertiary/aromatic N) is 1. The lowest BCUT2D eigenvalue weighted by molar-refractivity contribution is 0.0754. The number of benzene rings is 2. The molecular formula is C21H21ClN2O3. The number of furan rings is 1. The quantitative estimate of drug-likeness (QED) is 0.719. The molecule has 0 saturated carbocycles. The highest BCUT2D eigenvalue weighted by molar-refractivity contribution is 6.32. The Bertz CT molecular complexity index is 969. The van der Waals surface area contributed by atoms with Crippen molar-refractivity contribution >= 4 is 28.5 Å². The van der Waals surface area contributed by atoms with E-state index in [4.69, 9.17) is 26.5 Å². The lowest BCUT2D eigenvalue weighted by Crippen LogP contribution is -2.30. The molecule has 1 aliphatic rings. The normalized spacial score (nSPS) is 16.8. The molecule has 1 saturated heterocycles. The zero-order chi connectivity index (χ0) is 18.8. The third kappa shape index (κ3) is 3.53. The van der Waals surface area contributed by atoms with Crippen LogP contribution >= 0.6 is 11.6 Å². The molecule has 1 unspecified atom stereocenters. The molecule has 3 aromatic rings. The molecule has 1 fully saturated rings. The number of para-hydroxylation sites is 2. The van der Waals surface area contributed by atoms with Crippen molar-refractivity contribution in [3.05, 3.63) is 64.9 Å². The van der Waals surface area contributed by atoms with Crippen molar-refractivity contribution in [2.75, 3.05) is 19.6 Å². The minimum atomic E-state index is -0.111. The molecule has 0 bridgehead atoms. The van der Waals surface area contributed by atoms with Gasteiger partial charge in [-0.25, -0.2) is 0 Å². The van der Waals surface area contributed by atoms with Gasteiger partial charge in [-0.3, -0.25) is 4.79 Å². The molecule has 0 spiro atoms. The molecule has 140 valence electrons. The molecular weight excluding hydrogens is 364 g/mol. The molecule has 5 nitrogen and oxygen atoms in total. The summed E-state index contributed by atoms with van der Waals surface area (Å²) in [6.07, 6.45) is 0.925. The van der Waals surface area contributed by atoms with Gasteiger partial charge < -0.3 is 19.8 Å². The van der Waals surface area contributed by atoms with Gasteiger partial charge in [-0.05, 0) is 37.1 Å². The van der Waals surface area contributed by atoms with Gasteiger partial charge in [-0.2, -0.15) is 0 Å². The van der Waals surface area contributed by atoms with E-state index in [1.807, 2.05) is 41.3 Å². The van der Waals surface area contributed by atoms with Crippen LogP contribution in [0.1, 0.15) is 22.5 Å². The second kappa shape index (κ2) is 7.62. The molecule has 1 atom stereocenters. The lowest BCUT2D eigenvalue weighted by atomic mass is 10.1. The zero-order valence-electron chi connectivity index (χ0n) is 14.9. The summed E-state index contributed by atoms with van der Waals surface area (Å²) in [7, 11) is 0. The van der Waals surface area contributed by atoms with Crippen molar-refractivity contribution < 1.29 is 13.9 Å². The number of rotatable bonds is 5. The number of likely N-dealkylation sites (tertiary alicyclic amines) is 1. The molecule has 1 amide bonds. The summed E-state index contributed by atoms with van der Waals surface area (Å²) < 4.78 is 11.8. The zero-order valence-corrected chi connectivity index (χ0v) is 15.6. The van der Waals surface area contributed by atoms with Gasteiger partial charge in [-0.1, -0.05) is 41.9 Å². The lowest BCUT2D eigenvalue weighted by Gasteiger charge is -2.16. The van der Waals surface area contributed by atoms with Crippen molar-refractivity contribution in [3.63, 3.8) is 0 Å². The Morgan fingerprint density at radius 1 is 1.22 bits per heavy atom. The number of halogens is 1. The van der Waals surface area contributed by atoms with Crippen LogP contribution in [0.4, 0.5) is 0 Å². The molecule has 4 rings (SSSR count). The first-order valence-corrected chi connectivity index (χ1v) is 9.42. The Balaban J connectivity index is 1.65. The summed E-state index contributed by atoms with van der Waals surface area (Å²) >= 11 is 6.19. The second-order valence-corrected chi connectivity index (χ2v) is 7.17. The summed E-state index contributed by atoms with van der Waals surface area (Å²) in [5.41, 5.74) is 7.17. The van der Waals surface area contributed by atoms with E-state index in [0.717, 1.165) is 17.4 Å². The smallest absolute Gasteiger partial charge is 0.290 e. The third-order valence-corrected chi connectivity index (χ3v) is 5.32. The maximum atomic E-state index is 13.1. The Labute approximate surface area is 162 Å². The third-order valence-electron chi connectivity index (χ3n) is 5.01. The van der Waals surface area contributed by atoms with Crippen molar-refractivity contribution in [1.29, 1.82) is 0 Å². The molecule has 0 aliphatic carbocycles. The summed E-state index contributed by atoms with van der Waals surface area (Å²) in [5.74, 6) is 1.15. The van der Waals surface area contributed by atoms with E-state index in [0.29, 0.717) is 47.7 Å². The van der Waals surface area contributed by atoms with E-state index < -0.39 is 0 Å². The van der Waals surface area contributed by atoms with Gasteiger partial charge in [-0.15, -0.1) is 0 Å². The topological polar surface area (TPSA) is 68.7 Å². The highest BCUT2D eigenvalue weighted by Gasteiger charge is 2.30. The number of ether oxygens (including phenoxy) is 1. The van der Waals surface area contributed by atoms with Gasteiger partial charge in [0.25, 0.3) is 5.91 Å². The first-order valence-electron chi connectivity index (χ1n) is 9.04. The number of fused-ring (bicyclic) bond motifs is 1. The van der Waals surface area contributed by atoms with Crippen molar-refractivity contribution in [3.8, 4) is 5.75 Å². The Morgan fingerprint density at radius 2 is 2.00 bits per heavy atom. The van der Waals surface area contributed by atoms with Crippen LogP contribution in [-0.2, 0) is 6.61 Å². The highest BCUT2D eigenvalue weighted by atomic mass is 35.5. The van der Waals surface area contributed by atoms with Crippen molar-refractivity contribution in [1.82, 2.24) is 4.90 Å². The van der Waals surface area contributed by atoms with Crippen LogP contribution in [-0.4, -0.2) is 30.4 Å². The molecule has 6 heteroatoms. The van der Waals surface area contributed by atoms with Gasteiger partial charge in [0.15, 0.2) is 5.76 Å². The summed E-state index contributed by atoms with van der Waals surface area (Å²) in [6.45, 7) is 2.15. The van der Waals surface area contributed by atoms with Gasteiger partial charge in [0.1, 0.15) is 17.9 Å². The molecule has 2 aromatic carbocycles. The van der Waals surface area contributed by atoms with E-state index >= 15 is 0 Å². The number of carbonyl (C=O) groups is 1. The van der Waals surface area contributed by atoms with E-state index in [-0.39, 0.29) is 12.5 Å². The SMILES string of the molecule is NCC1CCN(C(=O)c2oc3ccccc3c2COc2ccccc2Cl)C1. The maximum Gasteiger partial charge on any atom is 0.290 e. The number of amides is 1. The average Bonchev–Trinajstić information content (AvgIpc) is 3.32. The van der Waals surface area contributed by atoms with E-state index in [9.17, 15) is 4.79 Å². The molecule has 27 heavy (non-hydrogen) atoms. The monoisotopic (exact) mass is 384 g/mol. The fourth-order valence-corrected chi connectivity index (χ4v) is 3.67. The minimum absolute atomic E-state index is 0.111. The van der Waals surface area contributed by atoms with Gasteiger partial charge in [0, 0.05) is 24.0 Å².